The van der Waals surface area contributed by atoms with E-state index in [4.69, 9.17) is 0 Å². The summed E-state index contributed by atoms with van der Waals surface area (Å²) < 4.78 is 0. The van der Waals surface area contributed by atoms with Gasteiger partial charge in [-0.1, -0.05) is 12.8 Å². The van der Waals surface area contributed by atoms with Crippen LogP contribution >= 0.6 is 0 Å². The molecule has 35 heavy (non-hydrogen) atoms. The van der Waals surface area contributed by atoms with Gasteiger partial charge in [0.1, 0.15) is 0 Å². The van der Waals surface area contributed by atoms with Crippen LogP contribution < -0.4 is 10.6 Å². The van der Waals surface area contributed by atoms with Crippen molar-refractivity contribution in [3.05, 3.63) is 10.1 Å². The smallest absolute Gasteiger partial charge is 0.315 e. The molecule has 0 aromatic rings. The lowest BCUT2D eigenvalue weighted by molar-refractivity contribution is -0.523. The molecule has 4 amide bonds. The van der Waals surface area contributed by atoms with E-state index < -0.39 is 10.5 Å². The SMILES string of the molecule is O=C(NC1CC1)NC1CCCC(C2CCC(C(=O)N3CCN(C(=O)C4([N+](=O)[O-])CC4)CC3)CC2)C1. The number of nitrogens with one attached hydrogen (secondary N) is 2. The van der Waals surface area contributed by atoms with Crippen LogP contribution in [-0.2, 0) is 9.59 Å². The summed E-state index contributed by atoms with van der Waals surface area (Å²) >= 11 is 0. The Labute approximate surface area is 206 Å². The summed E-state index contributed by atoms with van der Waals surface area (Å²) in [5.41, 5.74) is -1.39. The molecule has 5 rings (SSSR count). The molecule has 5 aliphatic rings. The molecule has 0 radical (unpaired) electrons. The summed E-state index contributed by atoms with van der Waals surface area (Å²) in [6, 6.07) is 0.623. The molecule has 4 saturated carbocycles. The van der Waals surface area contributed by atoms with Crippen LogP contribution in [0.15, 0.2) is 0 Å². The Bertz CT molecular complexity index is 841. The summed E-state index contributed by atoms with van der Waals surface area (Å²) in [5, 5.41) is 17.5. The molecule has 0 bridgehead atoms. The van der Waals surface area contributed by atoms with Crippen molar-refractivity contribution in [2.75, 3.05) is 26.2 Å². The lowest BCUT2D eigenvalue weighted by Gasteiger charge is -2.40. The van der Waals surface area contributed by atoms with Crippen molar-refractivity contribution in [3.8, 4) is 0 Å². The van der Waals surface area contributed by atoms with Crippen molar-refractivity contribution in [3.63, 3.8) is 0 Å². The molecule has 1 aliphatic heterocycles. The summed E-state index contributed by atoms with van der Waals surface area (Å²) in [6.07, 6.45) is 11.2. The van der Waals surface area contributed by atoms with E-state index in [1.165, 1.54) is 6.42 Å². The van der Waals surface area contributed by atoms with Crippen molar-refractivity contribution < 1.29 is 19.3 Å². The zero-order valence-electron chi connectivity index (χ0n) is 20.6. The van der Waals surface area contributed by atoms with Gasteiger partial charge < -0.3 is 20.4 Å². The van der Waals surface area contributed by atoms with E-state index in [0.717, 1.165) is 57.8 Å². The van der Waals surface area contributed by atoms with Gasteiger partial charge in [-0.05, 0) is 63.2 Å². The minimum Gasteiger partial charge on any atom is -0.339 e. The average Bonchev–Trinajstić information content (AvgIpc) is 3.79. The highest BCUT2D eigenvalue weighted by Crippen LogP contribution is 2.42. The maximum atomic E-state index is 13.2. The fourth-order valence-electron chi connectivity index (χ4n) is 6.54. The Morgan fingerprint density at radius 1 is 0.771 bits per heavy atom. The topological polar surface area (TPSA) is 125 Å². The summed E-state index contributed by atoms with van der Waals surface area (Å²) in [5.74, 6) is 1.11. The van der Waals surface area contributed by atoms with Crippen LogP contribution in [-0.4, -0.2) is 76.4 Å². The second-order valence-corrected chi connectivity index (χ2v) is 11.5. The maximum Gasteiger partial charge on any atom is 0.315 e. The van der Waals surface area contributed by atoms with Crippen molar-refractivity contribution in [1.29, 1.82) is 0 Å². The molecule has 1 saturated heterocycles. The molecule has 2 atom stereocenters. The Morgan fingerprint density at radius 2 is 1.40 bits per heavy atom. The van der Waals surface area contributed by atoms with E-state index in [0.29, 0.717) is 56.9 Å². The number of rotatable bonds is 6. The molecule has 194 valence electrons. The highest BCUT2D eigenvalue weighted by molar-refractivity contribution is 5.88. The molecule has 10 nitrogen and oxygen atoms in total. The number of hydrogen-bond donors (Lipinski definition) is 2. The van der Waals surface area contributed by atoms with Gasteiger partial charge in [0.05, 0.1) is 0 Å². The van der Waals surface area contributed by atoms with Crippen LogP contribution in [0.1, 0.15) is 77.0 Å². The average molecular weight is 490 g/mol. The van der Waals surface area contributed by atoms with Gasteiger partial charge in [-0.3, -0.25) is 19.7 Å². The van der Waals surface area contributed by atoms with E-state index in [-0.39, 0.29) is 29.8 Å². The monoisotopic (exact) mass is 489 g/mol. The van der Waals surface area contributed by atoms with Crippen molar-refractivity contribution in [2.24, 2.45) is 17.8 Å². The number of hydrogen-bond acceptors (Lipinski definition) is 5. The van der Waals surface area contributed by atoms with Gasteiger partial charge in [-0.15, -0.1) is 0 Å². The predicted octanol–water partition coefficient (Wildman–Crippen LogP) is 2.29. The highest BCUT2D eigenvalue weighted by atomic mass is 16.6. The number of carbonyl (C=O) groups is 3. The van der Waals surface area contributed by atoms with Gasteiger partial charge in [0.25, 0.3) is 5.54 Å². The summed E-state index contributed by atoms with van der Waals surface area (Å²) in [4.78, 5) is 52.1. The lowest BCUT2D eigenvalue weighted by Crippen LogP contribution is -2.55. The molecule has 10 heteroatoms. The van der Waals surface area contributed by atoms with Gasteiger partial charge >= 0.3 is 11.9 Å². The molecule has 2 unspecified atom stereocenters. The van der Waals surface area contributed by atoms with Gasteiger partial charge in [0.15, 0.2) is 0 Å². The van der Waals surface area contributed by atoms with Crippen LogP contribution in [0.3, 0.4) is 0 Å². The molecular weight excluding hydrogens is 450 g/mol. The zero-order valence-corrected chi connectivity index (χ0v) is 20.6. The van der Waals surface area contributed by atoms with E-state index in [1.807, 2.05) is 4.90 Å². The lowest BCUT2D eigenvalue weighted by atomic mass is 9.70. The van der Waals surface area contributed by atoms with Crippen molar-refractivity contribution >= 4 is 17.8 Å². The van der Waals surface area contributed by atoms with Crippen LogP contribution in [0.2, 0.25) is 0 Å². The van der Waals surface area contributed by atoms with E-state index in [2.05, 4.69) is 10.6 Å². The second kappa shape index (κ2) is 9.93. The number of piperazine rings is 1. The van der Waals surface area contributed by atoms with Crippen LogP contribution in [0.25, 0.3) is 0 Å². The first-order valence-electron chi connectivity index (χ1n) is 13.7. The van der Waals surface area contributed by atoms with Crippen molar-refractivity contribution in [1.82, 2.24) is 20.4 Å². The number of nitrogens with zero attached hydrogens (tertiary/aromatic N) is 3. The molecule has 0 spiro atoms. The molecule has 1 heterocycles. The third-order valence-corrected chi connectivity index (χ3v) is 9.10. The number of carbonyl (C=O) groups excluding carboxylic acids is 3. The fourth-order valence-corrected chi connectivity index (χ4v) is 6.54. The molecule has 5 fully saturated rings. The zero-order chi connectivity index (χ0) is 24.6. The third-order valence-electron chi connectivity index (χ3n) is 9.10. The maximum absolute atomic E-state index is 13.2. The van der Waals surface area contributed by atoms with Gasteiger partial charge in [0.2, 0.25) is 5.91 Å². The number of amides is 4. The van der Waals surface area contributed by atoms with Crippen LogP contribution in [0, 0.1) is 27.9 Å². The third kappa shape index (κ3) is 5.40. The van der Waals surface area contributed by atoms with E-state index >= 15 is 0 Å². The Morgan fingerprint density at radius 3 is 2.00 bits per heavy atom. The molecule has 0 aromatic heterocycles. The second-order valence-electron chi connectivity index (χ2n) is 11.5. The van der Waals surface area contributed by atoms with Gasteiger partial charge in [-0.25, -0.2) is 4.79 Å². The van der Waals surface area contributed by atoms with Crippen LogP contribution in [0.4, 0.5) is 4.79 Å². The quantitative estimate of drug-likeness (QED) is 0.437. The molecular formula is C25H39N5O5. The largest absolute Gasteiger partial charge is 0.339 e. The minimum atomic E-state index is -1.39. The fraction of sp³-hybridized carbons (Fsp3) is 0.880. The van der Waals surface area contributed by atoms with Crippen molar-refractivity contribution in [2.45, 2.75) is 94.7 Å². The predicted molar refractivity (Wildman–Crippen MR) is 128 cm³/mol. The first kappa shape index (κ1) is 24.3. The molecule has 0 aromatic carbocycles. The standard InChI is InChI=1S/C25H39N5O5/c31-22(28-12-14-29(15-13-28)23(32)25(10-11-25)30(34)35)18-6-4-17(5-7-18)19-2-1-3-21(16-19)27-24(33)26-20-8-9-20/h17-21H,1-16H2,(H2,26,27,33). The van der Waals surface area contributed by atoms with Gasteiger partial charge in [0, 0.05) is 61.9 Å². The highest BCUT2D eigenvalue weighted by Gasteiger charge is 2.64. The number of urea groups is 1. The van der Waals surface area contributed by atoms with Gasteiger partial charge in [-0.2, -0.15) is 0 Å². The molecule has 4 aliphatic carbocycles. The Hall–Kier alpha value is -2.39. The minimum absolute atomic E-state index is 0.0140. The first-order chi connectivity index (χ1) is 16.9. The Balaban J connectivity index is 1.04. The Kier molecular flexibility index (Phi) is 6.90. The normalized spacial score (nSPS) is 32.5. The van der Waals surface area contributed by atoms with E-state index in [9.17, 15) is 24.5 Å². The summed E-state index contributed by atoms with van der Waals surface area (Å²) in [7, 11) is 0. The first-order valence-corrected chi connectivity index (χ1v) is 13.7. The van der Waals surface area contributed by atoms with E-state index in [1.54, 1.807) is 4.90 Å². The molecule has 2 N–H and O–H groups in total. The van der Waals surface area contributed by atoms with Crippen LogP contribution in [0.5, 0.6) is 0 Å². The summed E-state index contributed by atoms with van der Waals surface area (Å²) in [6.45, 7) is 1.72. The number of nitro groups is 1.